The maximum absolute atomic E-state index is 12.9. The Kier molecular flexibility index (Phi) is 9.11. The summed E-state index contributed by atoms with van der Waals surface area (Å²) in [5.41, 5.74) is 4.84. The standard InChI is InChI=1S/C36H39ClN4O3/c1-7-30(44-23(2)3)20-38-19-26-11-12-27(15-24(26)4)36(43,34-21-39-22-40(34)5)28-13-14-33-32(17-28)31(18-35(42)41(33)6)25-9-8-10-29(37)16-25/h7-18,21-23,38,43H,19-20H2,1-6H3/b30-7-. The predicted molar refractivity (Wildman–Crippen MR) is 178 cm³/mol. The molecule has 0 saturated heterocycles. The molecule has 1 atom stereocenters. The van der Waals surface area contributed by atoms with Crippen LogP contribution in [0.25, 0.3) is 22.0 Å². The van der Waals surface area contributed by atoms with Crippen LogP contribution in [0, 0.1) is 6.92 Å². The van der Waals surface area contributed by atoms with E-state index in [9.17, 15) is 9.90 Å². The van der Waals surface area contributed by atoms with Crippen LogP contribution in [-0.2, 0) is 31.0 Å². The molecule has 0 aliphatic heterocycles. The average molecular weight is 611 g/mol. The average Bonchev–Trinajstić information content (AvgIpc) is 3.44. The summed E-state index contributed by atoms with van der Waals surface area (Å²) in [7, 11) is 3.63. The Bertz CT molecular complexity index is 1910. The number of halogens is 1. The van der Waals surface area contributed by atoms with E-state index < -0.39 is 5.60 Å². The second kappa shape index (κ2) is 12.8. The fourth-order valence-corrected chi connectivity index (χ4v) is 5.89. The van der Waals surface area contributed by atoms with Gasteiger partial charge in [0.05, 0.1) is 36.4 Å². The van der Waals surface area contributed by atoms with Gasteiger partial charge >= 0.3 is 0 Å². The van der Waals surface area contributed by atoms with E-state index in [0.29, 0.717) is 34.9 Å². The number of nitrogens with zero attached hydrogens (tertiary/aromatic N) is 3. The van der Waals surface area contributed by atoms with Crippen molar-refractivity contribution in [2.24, 2.45) is 14.1 Å². The molecule has 0 radical (unpaired) electrons. The summed E-state index contributed by atoms with van der Waals surface area (Å²) in [6.07, 6.45) is 5.48. The van der Waals surface area contributed by atoms with Gasteiger partial charge in [0.2, 0.25) is 0 Å². The number of hydrogen-bond donors (Lipinski definition) is 2. The fraction of sp³-hybridized carbons (Fsp3) is 0.278. The number of allylic oxidation sites excluding steroid dienone is 1. The lowest BCUT2D eigenvalue weighted by molar-refractivity contribution is 0.117. The molecule has 0 aliphatic rings. The molecule has 0 amide bonds. The third-order valence-corrected chi connectivity index (χ3v) is 8.31. The Morgan fingerprint density at radius 1 is 1.09 bits per heavy atom. The smallest absolute Gasteiger partial charge is 0.251 e. The Hall–Kier alpha value is -4.17. The van der Waals surface area contributed by atoms with Gasteiger partial charge in [0.1, 0.15) is 5.76 Å². The van der Waals surface area contributed by atoms with Gasteiger partial charge in [-0.25, -0.2) is 4.98 Å². The van der Waals surface area contributed by atoms with Crippen molar-refractivity contribution < 1.29 is 9.84 Å². The monoisotopic (exact) mass is 610 g/mol. The molecule has 5 aromatic rings. The quantitative estimate of drug-likeness (QED) is 0.174. The summed E-state index contributed by atoms with van der Waals surface area (Å²) >= 11 is 6.34. The number of ether oxygens (including phenoxy) is 1. The molecule has 2 N–H and O–H groups in total. The van der Waals surface area contributed by atoms with Crippen molar-refractivity contribution in [3.8, 4) is 11.1 Å². The number of hydrogen-bond acceptors (Lipinski definition) is 5. The largest absolute Gasteiger partial charge is 0.494 e. The van der Waals surface area contributed by atoms with Crippen molar-refractivity contribution in [3.63, 3.8) is 0 Å². The number of pyridine rings is 1. The lowest BCUT2D eigenvalue weighted by Crippen LogP contribution is -2.31. The maximum atomic E-state index is 12.9. The SMILES string of the molecule is C/C=C(/CNCc1ccc(C(O)(c2ccc3c(c2)c(-c2cccc(Cl)c2)cc(=O)n3C)c2cncn2C)cc1C)OC(C)C. The van der Waals surface area contributed by atoms with E-state index in [1.807, 2.05) is 87.0 Å². The van der Waals surface area contributed by atoms with Crippen molar-refractivity contribution in [2.75, 3.05) is 6.54 Å². The third kappa shape index (κ3) is 6.09. The molecule has 2 aromatic heterocycles. The van der Waals surface area contributed by atoms with E-state index >= 15 is 0 Å². The molecule has 8 heteroatoms. The van der Waals surface area contributed by atoms with Gasteiger partial charge < -0.3 is 24.3 Å². The van der Waals surface area contributed by atoms with E-state index in [-0.39, 0.29) is 11.7 Å². The molecule has 0 aliphatic carbocycles. The van der Waals surface area contributed by atoms with Crippen LogP contribution in [0.4, 0.5) is 0 Å². The first kappa shape index (κ1) is 31.3. The van der Waals surface area contributed by atoms with Crippen LogP contribution in [0.5, 0.6) is 0 Å². The van der Waals surface area contributed by atoms with Gasteiger partial charge in [-0.2, -0.15) is 0 Å². The molecule has 0 bridgehead atoms. The van der Waals surface area contributed by atoms with E-state index in [0.717, 1.165) is 38.9 Å². The highest BCUT2D eigenvalue weighted by atomic mass is 35.5. The molecule has 1 unspecified atom stereocenters. The van der Waals surface area contributed by atoms with Crippen LogP contribution in [0.1, 0.15) is 48.7 Å². The Labute approximate surface area is 263 Å². The van der Waals surface area contributed by atoms with Gasteiger partial charge in [0, 0.05) is 37.1 Å². The molecular weight excluding hydrogens is 572 g/mol. The second-order valence-electron chi connectivity index (χ2n) is 11.5. The minimum Gasteiger partial charge on any atom is -0.494 e. The molecular formula is C36H39ClN4O3. The second-order valence-corrected chi connectivity index (χ2v) is 11.9. The number of rotatable bonds is 10. The molecule has 44 heavy (non-hydrogen) atoms. The zero-order chi connectivity index (χ0) is 31.6. The normalized spacial score (nSPS) is 13.4. The first-order chi connectivity index (χ1) is 21.0. The van der Waals surface area contributed by atoms with E-state index in [1.165, 1.54) is 0 Å². The molecule has 0 saturated carbocycles. The highest BCUT2D eigenvalue weighted by molar-refractivity contribution is 6.30. The van der Waals surface area contributed by atoms with Crippen LogP contribution in [0.3, 0.4) is 0 Å². The van der Waals surface area contributed by atoms with Crippen LogP contribution in [0.15, 0.2) is 95.9 Å². The van der Waals surface area contributed by atoms with Gasteiger partial charge in [-0.1, -0.05) is 48.0 Å². The van der Waals surface area contributed by atoms with Crippen LogP contribution in [0.2, 0.25) is 5.02 Å². The highest BCUT2D eigenvalue weighted by Gasteiger charge is 2.37. The topological polar surface area (TPSA) is 81.3 Å². The van der Waals surface area contributed by atoms with Gasteiger partial charge in [-0.05, 0) is 91.4 Å². The minimum absolute atomic E-state index is 0.121. The number of nitrogens with one attached hydrogen (secondary N) is 1. The molecule has 5 rings (SSSR count). The first-order valence-corrected chi connectivity index (χ1v) is 15.1. The fourth-order valence-electron chi connectivity index (χ4n) is 5.70. The zero-order valence-electron chi connectivity index (χ0n) is 26.1. The first-order valence-electron chi connectivity index (χ1n) is 14.7. The molecule has 0 spiro atoms. The molecule has 2 heterocycles. The third-order valence-electron chi connectivity index (χ3n) is 8.07. The summed E-state index contributed by atoms with van der Waals surface area (Å²) in [5.74, 6) is 0.908. The lowest BCUT2D eigenvalue weighted by Gasteiger charge is -2.31. The van der Waals surface area contributed by atoms with Crippen LogP contribution >= 0.6 is 11.6 Å². The Balaban J connectivity index is 1.61. The van der Waals surface area contributed by atoms with Crippen LogP contribution < -0.4 is 10.9 Å². The summed E-state index contributed by atoms with van der Waals surface area (Å²) < 4.78 is 9.30. The number of aryl methyl sites for hydroxylation is 3. The minimum atomic E-state index is -1.53. The Morgan fingerprint density at radius 2 is 1.84 bits per heavy atom. The molecule has 3 aromatic carbocycles. The summed E-state index contributed by atoms with van der Waals surface area (Å²) in [5, 5.41) is 17.7. The van der Waals surface area contributed by atoms with Crippen molar-refractivity contribution in [1.29, 1.82) is 0 Å². The summed E-state index contributed by atoms with van der Waals surface area (Å²) in [6, 6.07) is 20.9. The zero-order valence-corrected chi connectivity index (χ0v) is 26.8. The number of imidazole rings is 1. The van der Waals surface area contributed by atoms with Crippen molar-refractivity contribution >= 4 is 22.5 Å². The van der Waals surface area contributed by atoms with E-state index in [1.54, 1.807) is 36.3 Å². The molecule has 228 valence electrons. The predicted octanol–water partition coefficient (Wildman–Crippen LogP) is 6.60. The number of aliphatic hydroxyl groups is 1. The highest BCUT2D eigenvalue weighted by Crippen LogP contribution is 2.40. The number of fused-ring (bicyclic) bond motifs is 1. The van der Waals surface area contributed by atoms with Gasteiger partial charge in [-0.15, -0.1) is 0 Å². The van der Waals surface area contributed by atoms with Crippen molar-refractivity contribution in [1.82, 2.24) is 19.4 Å². The molecule has 7 nitrogen and oxygen atoms in total. The van der Waals surface area contributed by atoms with Gasteiger partial charge in [-0.3, -0.25) is 4.79 Å². The Morgan fingerprint density at radius 3 is 2.50 bits per heavy atom. The van der Waals surface area contributed by atoms with Crippen LogP contribution in [-0.4, -0.2) is 31.9 Å². The summed E-state index contributed by atoms with van der Waals surface area (Å²) in [6.45, 7) is 9.35. The van der Waals surface area contributed by atoms with E-state index in [2.05, 4.69) is 23.3 Å². The van der Waals surface area contributed by atoms with E-state index in [4.69, 9.17) is 16.3 Å². The molecule has 0 fully saturated rings. The van der Waals surface area contributed by atoms with Crippen molar-refractivity contribution in [3.05, 3.63) is 134 Å². The number of aromatic nitrogens is 3. The van der Waals surface area contributed by atoms with Crippen molar-refractivity contribution in [2.45, 2.75) is 45.9 Å². The van der Waals surface area contributed by atoms with Gasteiger partial charge in [0.15, 0.2) is 5.60 Å². The number of benzene rings is 3. The lowest BCUT2D eigenvalue weighted by atomic mass is 9.81. The maximum Gasteiger partial charge on any atom is 0.251 e. The van der Waals surface area contributed by atoms with Gasteiger partial charge in [0.25, 0.3) is 5.56 Å². The summed E-state index contributed by atoms with van der Waals surface area (Å²) in [4.78, 5) is 17.3.